The van der Waals surface area contributed by atoms with E-state index < -0.39 is 0 Å². The van der Waals surface area contributed by atoms with E-state index in [4.69, 9.17) is 0 Å². The van der Waals surface area contributed by atoms with E-state index in [-0.39, 0.29) is 5.75 Å². The summed E-state index contributed by atoms with van der Waals surface area (Å²) in [7, 11) is 3.78. The highest BCUT2D eigenvalue weighted by Gasteiger charge is 2.07. The molecule has 0 spiro atoms. The van der Waals surface area contributed by atoms with Crippen molar-refractivity contribution in [2.24, 2.45) is 0 Å². The average molecular weight is 166 g/mol. The molecule has 0 aliphatic rings. The van der Waals surface area contributed by atoms with E-state index in [1.807, 2.05) is 19.1 Å². The van der Waals surface area contributed by atoms with Gasteiger partial charge in [0.05, 0.1) is 6.20 Å². The third kappa shape index (κ3) is 0.761. The zero-order chi connectivity index (χ0) is 8.72. The van der Waals surface area contributed by atoms with Crippen LogP contribution in [0.3, 0.4) is 0 Å². The number of nitrogens with zero attached hydrogens (tertiary/aromatic N) is 4. The van der Waals surface area contributed by atoms with Gasteiger partial charge in [-0.3, -0.25) is 0 Å². The predicted octanol–water partition coefficient (Wildman–Crippen LogP) is 0.0390. The van der Waals surface area contributed by atoms with Gasteiger partial charge in [0.25, 0.3) is 0 Å². The van der Waals surface area contributed by atoms with Crippen molar-refractivity contribution in [3.8, 4) is 5.75 Å². The van der Waals surface area contributed by atoms with Gasteiger partial charge in [0.1, 0.15) is 0 Å². The fraction of sp³-hybridized carbons (Fsp3) is 0.286. The Morgan fingerprint density at radius 3 is 2.92 bits per heavy atom. The summed E-state index contributed by atoms with van der Waals surface area (Å²) in [5.74, 6) is 0.189. The van der Waals surface area contributed by atoms with E-state index in [0.717, 1.165) is 0 Å². The van der Waals surface area contributed by atoms with Crippen LogP contribution >= 0.6 is 0 Å². The lowest BCUT2D eigenvalue weighted by Gasteiger charge is -2.14. The van der Waals surface area contributed by atoms with Crippen molar-refractivity contribution >= 4 is 5.65 Å². The second kappa shape index (κ2) is 2.17. The molecule has 0 saturated heterocycles. The van der Waals surface area contributed by atoms with Crippen LogP contribution in [0.25, 0.3) is 5.65 Å². The minimum Gasteiger partial charge on any atom is -0.503 e. The summed E-state index contributed by atoms with van der Waals surface area (Å²) in [4.78, 5) is 5.75. The minimum atomic E-state index is 0.189. The Kier molecular flexibility index (Phi) is 1.27. The highest BCUT2D eigenvalue weighted by Crippen LogP contribution is 2.16. The molecule has 2 heterocycles. The maximum Gasteiger partial charge on any atom is 0.197 e. The van der Waals surface area contributed by atoms with Gasteiger partial charge in [0.2, 0.25) is 0 Å². The molecule has 0 aliphatic carbocycles. The molecular formula is C7H10N4O. The Morgan fingerprint density at radius 2 is 2.25 bits per heavy atom. The van der Waals surface area contributed by atoms with Gasteiger partial charge in [-0.1, -0.05) is 0 Å². The standard InChI is InChI=1S/C7H10N4O/c1-9(2)11-5-6(12)7-8-3-4-10(7)11/h3-5,12H,1-2H3. The van der Waals surface area contributed by atoms with Crippen molar-refractivity contribution in [2.75, 3.05) is 19.1 Å². The Labute approximate surface area is 69.4 Å². The van der Waals surface area contributed by atoms with E-state index in [1.165, 1.54) is 0 Å². The molecule has 64 valence electrons. The van der Waals surface area contributed by atoms with E-state index in [9.17, 15) is 5.11 Å². The monoisotopic (exact) mass is 166 g/mol. The molecule has 0 radical (unpaired) electrons. The van der Waals surface area contributed by atoms with Crippen LogP contribution in [0.1, 0.15) is 0 Å². The Balaban J connectivity index is 2.75. The lowest BCUT2D eigenvalue weighted by atomic mass is 10.6. The lowest BCUT2D eigenvalue weighted by molar-refractivity contribution is 0.477. The zero-order valence-electron chi connectivity index (χ0n) is 6.97. The van der Waals surface area contributed by atoms with Crippen molar-refractivity contribution in [3.63, 3.8) is 0 Å². The topological polar surface area (TPSA) is 45.7 Å². The Bertz CT molecular complexity index is 400. The molecular weight excluding hydrogens is 156 g/mol. The van der Waals surface area contributed by atoms with Gasteiger partial charge >= 0.3 is 0 Å². The summed E-state index contributed by atoms with van der Waals surface area (Å²) in [6, 6.07) is 0. The molecule has 2 aromatic rings. The average Bonchev–Trinajstić information content (AvgIpc) is 2.53. The minimum absolute atomic E-state index is 0.189. The highest BCUT2D eigenvalue weighted by molar-refractivity contribution is 5.51. The summed E-state index contributed by atoms with van der Waals surface area (Å²) >= 11 is 0. The van der Waals surface area contributed by atoms with Gasteiger partial charge < -0.3 is 10.1 Å². The molecule has 0 saturated carbocycles. The molecule has 0 fully saturated rings. The fourth-order valence-corrected chi connectivity index (χ4v) is 1.18. The highest BCUT2D eigenvalue weighted by atomic mass is 16.3. The van der Waals surface area contributed by atoms with Crippen LogP contribution in [0.15, 0.2) is 18.6 Å². The van der Waals surface area contributed by atoms with Crippen molar-refractivity contribution in [3.05, 3.63) is 18.6 Å². The first kappa shape index (κ1) is 7.02. The van der Waals surface area contributed by atoms with Gasteiger partial charge in [-0.25, -0.2) is 9.50 Å². The first-order chi connectivity index (χ1) is 5.70. The SMILES string of the molecule is CN(C)n1cc(O)c2nccn21. The van der Waals surface area contributed by atoms with Crippen LogP contribution in [0.4, 0.5) is 0 Å². The van der Waals surface area contributed by atoms with Crippen LogP contribution in [-0.4, -0.2) is 33.5 Å². The number of aromatic hydroxyl groups is 1. The molecule has 0 aromatic carbocycles. The summed E-state index contributed by atoms with van der Waals surface area (Å²) < 4.78 is 1.76. The maximum atomic E-state index is 9.40. The van der Waals surface area contributed by atoms with Crippen LogP contribution < -0.4 is 5.01 Å². The van der Waals surface area contributed by atoms with Gasteiger partial charge in [-0.15, -0.1) is 0 Å². The summed E-state index contributed by atoms with van der Waals surface area (Å²) in [5.41, 5.74) is 0.573. The lowest BCUT2D eigenvalue weighted by Crippen LogP contribution is -2.27. The first-order valence-electron chi connectivity index (χ1n) is 3.61. The van der Waals surface area contributed by atoms with Gasteiger partial charge in [0, 0.05) is 26.5 Å². The van der Waals surface area contributed by atoms with Gasteiger partial charge in [-0.2, -0.15) is 4.79 Å². The van der Waals surface area contributed by atoms with Gasteiger partial charge in [0.15, 0.2) is 11.4 Å². The number of rotatable bonds is 1. The van der Waals surface area contributed by atoms with Crippen LogP contribution in [0, 0.1) is 0 Å². The molecule has 0 amide bonds. The largest absolute Gasteiger partial charge is 0.503 e. The quantitative estimate of drug-likeness (QED) is 0.650. The predicted molar refractivity (Wildman–Crippen MR) is 44.9 cm³/mol. The maximum absolute atomic E-state index is 9.40. The van der Waals surface area contributed by atoms with Crippen LogP contribution in [-0.2, 0) is 0 Å². The van der Waals surface area contributed by atoms with Crippen molar-refractivity contribution in [1.82, 2.24) is 14.3 Å². The van der Waals surface area contributed by atoms with E-state index in [0.29, 0.717) is 5.65 Å². The molecule has 2 rings (SSSR count). The van der Waals surface area contributed by atoms with Crippen molar-refractivity contribution in [2.45, 2.75) is 0 Å². The van der Waals surface area contributed by atoms with Gasteiger partial charge in [-0.05, 0) is 0 Å². The molecule has 5 heteroatoms. The number of hydrogen-bond acceptors (Lipinski definition) is 3. The Morgan fingerprint density at radius 1 is 1.50 bits per heavy atom. The second-order valence-corrected chi connectivity index (χ2v) is 2.78. The van der Waals surface area contributed by atoms with Crippen LogP contribution in [0.2, 0.25) is 0 Å². The third-order valence-corrected chi connectivity index (χ3v) is 1.72. The fourth-order valence-electron chi connectivity index (χ4n) is 1.18. The molecule has 0 unspecified atom stereocenters. The molecule has 0 bridgehead atoms. The number of aromatic nitrogens is 3. The molecule has 1 N–H and O–H groups in total. The van der Waals surface area contributed by atoms with E-state index >= 15 is 0 Å². The normalized spacial score (nSPS) is 10.8. The molecule has 5 nitrogen and oxygen atoms in total. The molecule has 0 aliphatic heterocycles. The number of imidazole rings is 1. The number of fused-ring (bicyclic) bond motifs is 1. The molecule has 0 atom stereocenters. The zero-order valence-corrected chi connectivity index (χ0v) is 6.97. The second-order valence-electron chi connectivity index (χ2n) is 2.78. The summed E-state index contributed by atoms with van der Waals surface area (Å²) in [5, 5.41) is 11.2. The van der Waals surface area contributed by atoms with Crippen molar-refractivity contribution in [1.29, 1.82) is 0 Å². The van der Waals surface area contributed by atoms with Crippen LogP contribution in [0.5, 0.6) is 5.75 Å². The number of hydrogen-bond donors (Lipinski definition) is 1. The summed E-state index contributed by atoms with van der Waals surface area (Å²) in [6.07, 6.45) is 5.05. The van der Waals surface area contributed by atoms with E-state index in [1.54, 1.807) is 27.9 Å². The Hall–Kier alpha value is -1.65. The summed E-state index contributed by atoms with van der Waals surface area (Å²) in [6.45, 7) is 0. The smallest absolute Gasteiger partial charge is 0.197 e. The molecule has 2 aromatic heterocycles. The first-order valence-corrected chi connectivity index (χ1v) is 3.61. The van der Waals surface area contributed by atoms with Crippen molar-refractivity contribution < 1.29 is 5.11 Å². The van der Waals surface area contributed by atoms with E-state index in [2.05, 4.69) is 4.98 Å². The third-order valence-electron chi connectivity index (χ3n) is 1.72. The molecule has 12 heavy (non-hydrogen) atoms.